The maximum absolute atomic E-state index is 11.7. The number of hydrogen-bond donors (Lipinski definition) is 2. The molecule has 1 fully saturated rings. The first-order valence-electron chi connectivity index (χ1n) is 6.40. The number of methoxy groups -OCH3 is 1. The van der Waals surface area contributed by atoms with Crippen molar-refractivity contribution >= 4 is 5.91 Å². The van der Waals surface area contributed by atoms with E-state index in [2.05, 4.69) is 10.2 Å². The van der Waals surface area contributed by atoms with Gasteiger partial charge in [-0.05, 0) is 32.9 Å². The monoisotopic (exact) mass is 243 g/mol. The Balaban J connectivity index is 2.23. The van der Waals surface area contributed by atoms with Crippen LogP contribution in [0.3, 0.4) is 0 Å². The summed E-state index contributed by atoms with van der Waals surface area (Å²) in [6.07, 6.45) is 3.86. The molecule has 0 radical (unpaired) electrons. The van der Waals surface area contributed by atoms with Gasteiger partial charge < -0.3 is 20.7 Å². The number of ether oxygens (including phenoxy) is 1. The molecule has 0 spiro atoms. The zero-order valence-electron chi connectivity index (χ0n) is 10.9. The number of nitrogens with zero attached hydrogens (tertiary/aromatic N) is 1. The van der Waals surface area contributed by atoms with Gasteiger partial charge in [0.05, 0.1) is 6.61 Å². The molecule has 100 valence electrons. The summed E-state index contributed by atoms with van der Waals surface area (Å²) in [4.78, 5) is 14.0. The molecule has 0 aromatic carbocycles. The average molecular weight is 243 g/mol. The summed E-state index contributed by atoms with van der Waals surface area (Å²) in [5, 5.41) is 2.93. The number of likely N-dealkylation sites (tertiary alicyclic amines) is 1. The summed E-state index contributed by atoms with van der Waals surface area (Å²) in [6, 6.07) is -0.424. The van der Waals surface area contributed by atoms with E-state index in [0.29, 0.717) is 0 Å². The normalized spacial score (nSPS) is 20.9. The Bertz CT molecular complexity index is 230. The molecular weight excluding hydrogens is 218 g/mol. The largest absolute Gasteiger partial charge is 0.383 e. The fourth-order valence-corrected chi connectivity index (χ4v) is 2.18. The van der Waals surface area contributed by atoms with Crippen molar-refractivity contribution in [2.24, 2.45) is 5.73 Å². The standard InChI is InChI=1S/C12H25N3O2/c1-10(8-15-6-4-3-5-7-15)14-12(16)11(13)9-17-2/h10-11H,3-9,13H2,1-2H3,(H,14,16). The molecule has 1 amide bonds. The average Bonchev–Trinajstić information content (AvgIpc) is 2.30. The fraction of sp³-hybridized carbons (Fsp3) is 0.917. The van der Waals surface area contributed by atoms with Gasteiger partial charge in [-0.3, -0.25) is 4.79 Å². The van der Waals surface area contributed by atoms with E-state index in [-0.39, 0.29) is 18.6 Å². The minimum Gasteiger partial charge on any atom is -0.383 e. The van der Waals surface area contributed by atoms with Crippen LogP contribution < -0.4 is 11.1 Å². The minimum absolute atomic E-state index is 0.128. The maximum atomic E-state index is 11.7. The summed E-state index contributed by atoms with van der Waals surface area (Å²) >= 11 is 0. The van der Waals surface area contributed by atoms with Crippen molar-refractivity contribution in [3.05, 3.63) is 0 Å². The second-order valence-electron chi connectivity index (χ2n) is 4.83. The van der Waals surface area contributed by atoms with E-state index >= 15 is 0 Å². The van der Waals surface area contributed by atoms with Crippen molar-refractivity contribution < 1.29 is 9.53 Å². The fourth-order valence-electron chi connectivity index (χ4n) is 2.18. The van der Waals surface area contributed by atoms with Crippen LogP contribution in [0.1, 0.15) is 26.2 Å². The molecule has 2 atom stereocenters. The van der Waals surface area contributed by atoms with Crippen LogP contribution in [0.25, 0.3) is 0 Å². The number of carbonyl (C=O) groups is 1. The van der Waals surface area contributed by atoms with Crippen LogP contribution in [0.4, 0.5) is 0 Å². The van der Waals surface area contributed by atoms with E-state index in [0.717, 1.165) is 19.6 Å². The van der Waals surface area contributed by atoms with E-state index < -0.39 is 6.04 Å². The van der Waals surface area contributed by atoms with Gasteiger partial charge in [0, 0.05) is 19.7 Å². The molecule has 1 aliphatic rings. The van der Waals surface area contributed by atoms with E-state index in [9.17, 15) is 4.79 Å². The van der Waals surface area contributed by atoms with Crippen LogP contribution >= 0.6 is 0 Å². The number of rotatable bonds is 6. The number of nitrogens with two attached hydrogens (primary N) is 1. The van der Waals surface area contributed by atoms with Crippen LogP contribution in [0.15, 0.2) is 0 Å². The number of hydrogen-bond acceptors (Lipinski definition) is 4. The molecule has 0 bridgehead atoms. The van der Waals surface area contributed by atoms with Crippen LogP contribution in [-0.2, 0) is 9.53 Å². The SMILES string of the molecule is COCC(N)C(=O)NC(C)CN1CCCCC1. The lowest BCUT2D eigenvalue weighted by Crippen LogP contribution is -2.50. The van der Waals surface area contributed by atoms with Gasteiger partial charge in [-0.15, -0.1) is 0 Å². The van der Waals surface area contributed by atoms with E-state index in [1.807, 2.05) is 6.92 Å². The van der Waals surface area contributed by atoms with Crippen molar-refractivity contribution in [1.29, 1.82) is 0 Å². The van der Waals surface area contributed by atoms with Gasteiger partial charge in [0.2, 0.25) is 5.91 Å². The molecule has 2 unspecified atom stereocenters. The van der Waals surface area contributed by atoms with Gasteiger partial charge in [0.1, 0.15) is 6.04 Å². The predicted octanol–water partition coefficient (Wildman–Crippen LogP) is -0.0493. The second-order valence-corrected chi connectivity index (χ2v) is 4.83. The van der Waals surface area contributed by atoms with E-state index in [4.69, 9.17) is 10.5 Å². The van der Waals surface area contributed by atoms with Gasteiger partial charge in [0.25, 0.3) is 0 Å². The Morgan fingerprint density at radius 3 is 2.65 bits per heavy atom. The lowest BCUT2D eigenvalue weighted by molar-refractivity contribution is -0.124. The highest BCUT2D eigenvalue weighted by Crippen LogP contribution is 2.08. The zero-order chi connectivity index (χ0) is 12.7. The van der Waals surface area contributed by atoms with E-state index in [1.165, 1.54) is 19.3 Å². The quantitative estimate of drug-likeness (QED) is 0.686. The van der Waals surface area contributed by atoms with Gasteiger partial charge in [-0.2, -0.15) is 0 Å². The van der Waals surface area contributed by atoms with Gasteiger partial charge in [0.15, 0.2) is 0 Å². The zero-order valence-corrected chi connectivity index (χ0v) is 10.9. The first-order chi connectivity index (χ1) is 8.13. The number of amides is 1. The Kier molecular flexibility index (Phi) is 6.47. The molecule has 0 aliphatic carbocycles. The summed E-state index contributed by atoms with van der Waals surface area (Å²) in [7, 11) is 1.55. The molecule has 3 N–H and O–H groups in total. The molecular formula is C12H25N3O2. The van der Waals surface area contributed by atoms with Crippen LogP contribution in [0.5, 0.6) is 0 Å². The van der Waals surface area contributed by atoms with E-state index in [1.54, 1.807) is 7.11 Å². The highest BCUT2D eigenvalue weighted by atomic mass is 16.5. The first kappa shape index (κ1) is 14.4. The molecule has 0 saturated carbocycles. The molecule has 5 nitrogen and oxygen atoms in total. The molecule has 5 heteroatoms. The summed E-state index contributed by atoms with van der Waals surface area (Å²) in [6.45, 7) is 5.48. The molecule has 17 heavy (non-hydrogen) atoms. The predicted molar refractivity (Wildman–Crippen MR) is 67.7 cm³/mol. The summed E-state index contributed by atoms with van der Waals surface area (Å²) < 4.78 is 4.86. The van der Waals surface area contributed by atoms with Crippen LogP contribution in [0, 0.1) is 0 Å². The van der Waals surface area contributed by atoms with Gasteiger partial charge in [-0.25, -0.2) is 0 Å². The third-order valence-corrected chi connectivity index (χ3v) is 3.05. The van der Waals surface area contributed by atoms with Crippen molar-refractivity contribution in [2.45, 2.75) is 38.3 Å². The van der Waals surface area contributed by atoms with Crippen molar-refractivity contribution in [2.75, 3.05) is 33.4 Å². The second kappa shape index (κ2) is 7.63. The number of nitrogens with one attached hydrogen (secondary N) is 1. The third-order valence-electron chi connectivity index (χ3n) is 3.05. The highest BCUT2D eigenvalue weighted by Gasteiger charge is 2.18. The highest BCUT2D eigenvalue weighted by molar-refractivity contribution is 5.81. The first-order valence-corrected chi connectivity index (χ1v) is 6.40. The smallest absolute Gasteiger partial charge is 0.239 e. The molecule has 1 aliphatic heterocycles. The topological polar surface area (TPSA) is 67.6 Å². The van der Waals surface area contributed by atoms with Crippen molar-refractivity contribution in [3.63, 3.8) is 0 Å². The number of piperidine rings is 1. The Morgan fingerprint density at radius 2 is 2.06 bits per heavy atom. The maximum Gasteiger partial charge on any atom is 0.239 e. The Labute approximate surface area is 104 Å². The lowest BCUT2D eigenvalue weighted by atomic mass is 10.1. The molecule has 1 rings (SSSR count). The summed E-state index contributed by atoms with van der Waals surface area (Å²) in [5.41, 5.74) is 5.66. The van der Waals surface area contributed by atoms with Crippen molar-refractivity contribution in [1.82, 2.24) is 10.2 Å². The van der Waals surface area contributed by atoms with Crippen LogP contribution in [-0.4, -0.2) is 56.2 Å². The van der Waals surface area contributed by atoms with Gasteiger partial charge in [-0.1, -0.05) is 6.42 Å². The summed E-state index contributed by atoms with van der Waals surface area (Å²) in [5.74, 6) is -0.128. The van der Waals surface area contributed by atoms with Crippen molar-refractivity contribution in [3.8, 4) is 0 Å². The Hall–Kier alpha value is -0.650. The molecule has 1 saturated heterocycles. The third kappa shape index (κ3) is 5.48. The molecule has 0 aromatic heterocycles. The van der Waals surface area contributed by atoms with Crippen LogP contribution in [0.2, 0.25) is 0 Å². The van der Waals surface area contributed by atoms with Gasteiger partial charge >= 0.3 is 0 Å². The molecule has 1 heterocycles. The minimum atomic E-state index is -0.566. The lowest BCUT2D eigenvalue weighted by Gasteiger charge is -2.29. The Morgan fingerprint density at radius 1 is 1.41 bits per heavy atom. The molecule has 0 aromatic rings. The number of carbonyl (C=O) groups excluding carboxylic acids is 1.